The van der Waals surface area contributed by atoms with Gasteiger partial charge in [0.25, 0.3) is 0 Å². The van der Waals surface area contributed by atoms with Gasteiger partial charge in [0, 0.05) is 25.0 Å². The van der Waals surface area contributed by atoms with Crippen LogP contribution in [0.25, 0.3) is 0 Å². The highest BCUT2D eigenvalue weighted by Crippen LogP contribution is 2.22. The molecule has 0 aliphatic carbocycles. The third-order valence-corrected chi connectivity index (χ3v) is 4.37. The number of rotatable bonds is 4. The van der Waals surface area contributed by atoms with Crippen LogP contribution in [0.3, 0.4) is 0 Å². The van der Waals surface area contributed by atoms with Crippen molar-refractivity contribution in [1.29, 1.82) is 0 Å². The van der Waals surface area contributed by atoms with Gasteiger partial charge < -0.3 is 10.2 Å². The molecule has 1 saturated heterocycles. The lowest BCUT2D eigenvalue weighted by Gasteiger charge is -2.31. The molecule has 0 bridgehead atoms. The highest BCUT2D eigenvalue weighted by molar-refractivity contribution is 5.55. The topological polar surface area (TPSA) is 41.1 Å². The Bertz CT molecular complexity index is 601. The molecular formula is C18H24N4. The first kappa shape index (κ1) is 14.8. The molecule has 1 aromatic carbocycles. The molecule has 0 radical (unpaired) electrons. The number of aromatic nitrogens is 2. The van der Waals surface area contributed by atoms with Crippen LogP contribution < -0.4 is 10.2 Å². The minimum absolute atomic E-state index is 0.667. The van der Waals surface area contributed by atoms with Crippen LogP contribution in [0.2, 0.25) is 0 Å². The highest BCUT2D eigenvalue weighted by atomic mass is 15.2. The lowest BCUT2D eigenvalue weighted by Crippen LogP contribution is -2.33. The molecule has 4 nitrogen and oxygen atoms in total. The molecule has 3 rings (SSSR count). The second-order valence-electron chi connectivity index (χ2n) is 6.08. The number of aryl methyl sites for hydroxylation is 1. The summed E-state index contributed by atoms with van der Waals surface area (Å²) < 4.78 is 0. The van der Waals surface area contributed by atoms with E-state index in [2.05, 4.69) is 58.3 Å². The van der Waals surface area contributed by atoms with E-state index in [9.17, 15) is 0 Å². The van der Waals surface area contributed by atoms with Crippen molar-refractivity contribution in [2.75, 3.05) is 23.3 Å². The molecule has 2 aromatic rings. The zero-order valence-electron chi connectivity index (χ0n) is 13.4. The molecule has 0 spiro atoms. The average molecular weight is 296 g/mol. The Morgan fingerprint density at radius 1 is 1.14 bits per heavy atom. The fourth-order valence-corrected chi connectivity index (χ4v) is 2.78. The van der Waals surface area contributed by atoms with E-state index in [1.807, 2.05) is 12.3 Å². The van der Waals surface area contributed by atoms with Gasteiger partial charge in [0.2, 0.25) is 5.95 Å². The van der Waals surface area contributed by atoms with E-state index in [0.29, 0.717) is 5.95 Å². The smallest absolute Gasteiger partial charge is 0.229 e. The van der Waals surface area contributed by atoms with Crippen LogP contribution >= 0.6 is 0 Å². The number of hydrogen-bond donors (Lipinski definition) is 1. The lowest BCUT2D eigenvalue weighted by atomic mass is 9.99. The summed E-state index contributed by atoms with van der Waals surface area (Å²) in [6.45, 7) is 6.66. The Labute approximate surface area is 132 Å². The van der Waals surface area contributed by atoms with Crippen LogP contribution in [0, 0.1) is 5.92 Å². The van der Waals surface area contributed by atoms with Gasteiger partial charge in [0.15, 0.2) is 0 Å². The molecule has 1 N–H and O–H groups in total. The molecule has 0 amide bonds. The van der Waals surface area contributed by atoms with Crippen molar-refractivity contribution in [3.05, 3.63) is 42.1 Å². The maximum Gasteiger partial charge on any atom is 0.229 e. The summed E-state index contributed by atoms with van der Waals surface area (Å²) in [7, 11) is 0. The van der Waals surface area contributed by atoms with Crippen molar-refractivity contribution in [1.82, 2.24) is 9.97 Å². The first-order valence-corrected chi connectivity index (χ1v) is 8.18. The van der Waals surface area contributed by atoms with E-state index < -0.39 is 0 Å². The molecule has 1 aromatic heterocycles. The molecule has 22 heavy (non-hydrogen) atoms. The monoisotopic (exact) mass is 296 g/mol. The minimum Gasteiger partial charge on any atom is -0.356 e. The molecule has 1 aliphatic rings. The standard InChI is InChI=1S/C18H24N4/c1-3-15-4-6-16(7-5-15)20-18-19-11-8-17(21-18)22-12-9-14(2)10-13-22/h4-8,11,14H,3,9-10,12-13H2,1-2H3,(H,19,20,21). The van der Waals surface area contributed by atoms with E-state index in [1.54, 1.807) is 0 Å². The maximum absolute atomic E-state index is 4.66. The largest absolute Gasteiger partial charge is 0.356 e. The fraction of sp³-hybridized carbons (Fsp3) is 0.444. The number of benzene rings is 1. The van der Waals surface area contributed by atoms with Gasteiger partial charge in [-0.3, -0.25) is 0 Å². The second kappa shape index (κ2) is 6.77. The normalized spacial score (nSPS) is 15.8. The van der Waals surface area contributed by atoms with Gasteiger partial charge in [-0.05, 0) is 48.9 Å². The predicted molar refractivity (Wildman–Crippen MR) is 91.7 cm³/mol. The summed E-state index contributed by atoms with van der Waals surface area (Å²) in [5.74, 6) is 2.52. The van der Waals surface area contributed by atoms with Crippen molar-refractivity contribution in [2.24, 2.45) is 5.92 Å². The first-order chi connectivity index (χ1) is 10.7. The Kier molecular flexibility index (Phi) is 4.56. The van der Waals surface area contributed by atoms with Crippen LogP contribution in [-0.4, -0.2) is 23.1 Å². The molecule has 2 heterocycles. The summed E-state index contributed by atoms with van der Waals surface area (Å²) in [5, 5.41) is 3.29. The van der Waals surface area contributed by atoms with Crippen molar-refractivity contribution in [2.45, 2.75) is 33.1 Å². The van der Waals surface area contributed by atoms with Gasteiger partial charge in [-0.2, -0.15) is 4.98 Å². The van der Waals surface area contributed by atoms with Gasteiger partial charge >= 0.3 is 0 Å². The van der Waals surface area contributed by atoms with E-state index in [0.717, 1.165) is 36.9 Å². The van der Waals surface area contributed by atoms with Crippen LogP contribution in [0.4, 0.5) is 17.5 Å². The van der Waals surface area contributed by atoms with Gasteiger partial charge in [-0.1, -0.05) is 26.0 Å². The summed E-state index contributed by atoms with van der Waals surface area (Å²) in [6.07, 6.45) is 5.37. The van der Waals surface area contributed by atoms with E-state index >= 15 is 0 Å². The van der Waals surface area contributed by atoms with Gasteiger partial charge in [-0.15, -0.1) is 0 Å². The summed E-state index contributed by atoms with van der Waals surface area (Å²) in [5.41, 5.74) is 2.37. The zero-order chi connectivity index (χ0) is 15.4. The molecule has 0 saturated carbocycles. The Balaban J connectivity index is 1.70. The van der Waals surface area contributed by atoms with Crippen molar-refractivity contribution < 1.29 is 0 Å². The third-order valence-electron chi connectivity index (χ3n) is 4.37. The minimum atomic E-state index is 0.667. The molecular weight excluding hydrogens is 272 g/mol. The second-order valence-corrected chi connectivity index (χ2v) is 6.08. The zero-order valence-corrected chi connectivity index (χ0v) is 13.4. The molecule has 1 fully saturated rings. The average Bonchev–Trinajstić information content (AvgIpc) is 2.56. The fourth-order valence-electron chi connectivity index (χ4n) is 2.78. The van der Waals surface area contributed by atoms with Crippen LogP contribution in [-0.2, 0) is 6.42 Å². The van der Waals surface area contributed by atoms with Crippen LogP contribution in [0.15, 0.2) is 36.5 Å². The molecule has 116 valence electrons. The molecule has 4 heteroatoms. The van der Waals surface area contributed by atoms with Crippen LogP contribution in [0.1, 0.15) is 32.3 Å². The van der Waals surface area contributed by atoms with E-state index in [1.165, 1.54) is 18.4 Å². The van der Waals surface area contributed by atoms with Crippen LogP contribution in [0.5, 0.6) is 0 Å². The summed E-state index contributed by atoms with van der Waals surface area (Å²) in [4.78, 5) is 11.4. The summed E-state index contributed by atoms with van der Waals surface area (Å²) in [6, 6.07) is 10.4. The quantitative estimate of drug-likeness (QED) is 0.925. The molecule has 0 atom stereocenters. The number of nitrogens with zero attached hydrogens (tertiary/aromatic N) is 3. The number of anilines is 3. The Morgan fingerprint density at radius 2 is 1.86 bits per heavy atom. The predicted octanol–water partition coefficient (Wildman–Crippen LogP) is 4.02. The third kappa shape index (κ3) is 3.56. The molecule has 0 unspecified atom stereocenters. The number of nitrogens with one attached hydrogen (secondary N) is 1. The van der Waals surface area contributed by atoms with Gasteiger partial charge in [0.05, 0.1) is 0 Å². The molecule has 1 aliphatic heterocycles. The number of piperidine rings is 1. The Hall–Kier alpha value is -2.10. The number of hydrogen-bond acceptors (Lipinski definition) is 4. The SMILES string of the molecule is CCc1ccc(Nc2nccc(N3CCC(C)CC3)n2)cc1. The van der Waals surface area contributed by atoms with Crippen molar-refractivity contribution >= 4 is 17.5 Å². The van der Waals surface area contributed by atoms with Gasteiger partial charge in [0.1, 0.15) is 5.82 Å². The first-order valence-electron chi connectivity index (χ1n) is 8.18. The lowest BCUT2D eigenvalue weighted by molar-refractivity contribution is 0.436. The Morgan fingerprint density at radius 3 is 2.55 bits per heavy atom. The van der Waals surface area contributed by atoms with Crippen molar-refractivity contribution in [3.63, 3.8) is 0 Å². The van der Waals surface area contributed by atoms with Gasteiger partial charge in [-0.25, -0.2) is 4.98 Å². The highest BCUT2D eigenvalue weighted by Gasteiger charge is 2.17. The van der Waals surface area contributed by atoms with E-state index in [4.69, 9.17) is 0 Å². The van der Waals surface area contributed by atoms with Crippen molar-refractivity contribution in [3.8, 4) is 0 Å². The van der Waals surface area contributed by atoms with E-state index in [-0.39, 0.29) is 0 Å². The summed E-state index contributed by atoms with van der Waals surface area (Å²) >= 11 is 0. The maximum atomic E-state index is 4.66.